The summed E-state index contributed by atoms with van der Waals surface area (Å²) in [6.45, 7) is 13.6. The summed E-state index contributed by atoms with van der Waals surface area (Å²) in [5.41, 5.74) is 14.9. The zero-order chi connectivity index (χ0) is 69.3. The lowest BCUT2D eigenvalue weighted by molar-refractivity contribution is 0.0590. The molecule has 12 rings (SSSR count). The number of ether oxygens (including phenoxy) is 8. The maximum Gasteiger partial charge on any atom is 0.338 e. The molecule has 8 aromatic carbocycles. The highest BCUT2D eigenvalue weighted by Crippen LogP contribution is 2.33. The minimum Gasteiger partial charge on any atom is -0.508 e. The van der Waals surface area contributed by atoms with Gasteiger partial charge >= 0.3 is 17.9 Å². The van der Waals surface area contributed by atoms with Crippen LogP contribution in [0, 0.1) is 34.6 Å². The Morgan fingerprint density at radius 3 is 1.11 bits per heavy atom. The Balaban J connectivity index is 0.000000155. The Morgan fingerprint density at radius 2 is 0.773 bits per heavy atom. The molecule has 0 saturated carbocycles. The van der Waals surface area contributed by atoms with E-state index in [1.54, 1.807) is 48.7 Å². The molecule has 6 unspecified atom stereocenters. The lowest BCUT2D eigenvalue weighted by atomic mass is 10.0. The Kier molecular flexibility index (Phi) is 24.5. The number of methoxy groups -OCH3 is 2. The van der Waals surface area contributed by atoms with E-state index in [-0.39, 0.29) is 43.1 Å². The third kappa shape index (κ3) is 19.9. The van der Waals surface area contributed by atoms with Crippen molar-refractivity contribution in [1.29, 1.82) is 0 Å². The molecule has 3 aliphatic heterocycles. The molecular formula is C78H80N2O17. The number of aromatic nitrogens is 1. The Bertz CT molecular complexity index is 4140. The second-order valence-corrected chi connectivity index (χ2v) is 24.0. The molecule has 0 aliphatic carbocycles. The van der Waals surface area contributed by atoms with E-state index in [9.17, 15) is 44.7 Å². The minimum absolute atomic E-state index is 0.0495. The van der Waals surface area contributed by atoms with Crippen LogP contribution in [0.5, 0.6) is 23.0 Å². The number of carbonyl (C=O) groups is 4. The topological polar surface area (TPSA) is 268 Å². The van der Waals surface area contributed by atoms with Crippen molar-refractivity contribution in [3.8, 4) is 67.5 Å². The van der Waals surface area contributed by atoms with Crippen molar-refractivity contribution in [2.75, 3.05) is 53.9 Å². The van der Waals surface area contributed by atoms with Gasteiger partial charge in [0.25, 0.3) is 5.91 Å². The van der Waals surface area contributed by atoms with E-state index in [4.69, 9.17) is 33.2 Å². The molecule has 1 amide bonds. The van der Waals surface area contributed by atoms with Gasteiger partial charge in [-0.1, -0.05) is 125 Å². The fraction of sp³-hybridized carbons (Fsp3) is 0.269. The third-order valence-corrected chi connectivity index (χ3v) is 16.2. The third-order valence-electron chi connectivity index (χ3n) is 16.2. The average Bonchev–Trinajstić information content (AvgIpc) is 1.88. The Morgan fingerprint density at radius 1 is 0.433 bits per heavy atom. The van der Waals surface area contributed by atoms with Gasteiger partial charge in [-0.3, -0.25) is 9.78 Å². The van der Waals surface area contributed by atoms with Crippen molar-refractivity contribution in [1.82, 2.24) is 10.3 Å². The van der Waals surface area contributed by atoms with Crippen molar-refractivity contribution < 1.29 is 82.6 Å². The van der Waals surface area contributed by atoms with Gasteiger partial charge in [0.05, 0.1) is 76.6 Å². The first-order chi connectivity index (χ1) is 46.6. The van der Waals surface area contributed by atoms with Crippen molar-refractivity contribution in [3.05, 3.63) is 244 Å². The standard InChI is InChI=1S/C26H28N2O4.C19H20O5.C18H18O5.C15H14O3/c1-16-4-7-19(8-5-16)21-10-22(12-23(11-21)32-25-15-31-14-24(25)29)26(30)28-18(3)20-9-6-17(2)27-13-20;1-12-3-5-13(6-4-12)14-7-15(19(21)22-2)9-16(8-14)24-18-11-23-10-17(18)20;1-11-2-4-12(5-3-11)13-6-14(18(20)21)8-15(7-13)23-17-10-22-9-16(17)19;1-10-3-5-11(6-4-10)12-7-13(15(17)18-2)9-14(16)8-12/h4-13,18,24-25,29H,14-15H2,1-3H3,(H,28,30);3-9,17-18,20H,10-11H2,1-2H3;2-8,16-17,19H,9-10H2,1H3,(H,20,21);3-9,16H,1-2H3/t18-,24?,25?;;;/m1.../s1. The van der Waals surface area contributed by atoms with Crippen LogP contribution in [0.2, 0.25) is 0 Å². The molecule has 6 N–H and O–H groups in total. The highest BCUT2D eigenvalue weighted by molar-refractivity contribution is 5.96. The number of carbonyl (C=O) groups excluding carboxylic acids is 3. The number of nitrogens with one attached hydrogen (secondary N) is 1. The molecule has 0 radical (unpaired) electrons. The summed E-state index contributed by atoms with van der Waals surface area (Å²) in [6, 6.07) is 55.7. The number of benzene rings is 8. The number of nitrogens with zero attached hydrogens (tertiary/aromatic N) is 1. The molecule has 3 fully saturated rings. The van der Waals surface area contributed by atoms with Crippen LogP contribution in [0.1, 0.15) is 87.9 Å². The fourth-order valence-electron chi connectivity index (χ4n) is 10.5. The number of esters is 2. The SMILES string of the molecule is COC(=O)c1cc(O)cc(-c2ccc(C)cc2)c1.COC(=O)c1cc(OC2COCC2O)cc(-c2ccc(C)cc2)c1.Cc1ccc(-c2cc(OC3COCC3O)cc(C(=O)N[C@H](C)c3ccc(C)nc3)c2)cc1.Cc1ccc(-c2cc(OC3COCC3O)cc(C(=O)O)c2)cc1. The second-order valence-electron chi connectivity index (χ2n) is 24.0. The number of carboxylic acids is 1. The number of phenolic OH excluding ortho intramolecular Hbond substituents is 1. The molecule has 4 heterocycles. The van der Waals surface area contributed by atoms with Gasteiger partial charge in [-0.2, -0.15) is 0 Å². The van der Waals surface area contributed by atoms with Crippen molar-refractivity contribution in [3.63, 3.8) is 0 Å². The van der Waals surface area contributed by atoms with Gasteiger partial charge in [-0.05, 0) is 170 Å². The summed E-state index contributed by atoms with van der Waals surface area (Å²) < 4.78 is 42.7. The smallest absolute Gasteiger partial charge is 0.338 e. The summed E-state index contributed by atoms with van der Waals surface area (Å²) in [7, 11) is 2.66. The monoisotopic (exact) mass is 1320 g/mol. The van der Waals surface area contributed by atoms with Crippen LogP contribution in [0.25, 0.3) is 44.5 Å². The maximum absolute atomic E-state index is 13.1. The maximum atomic E-state index is 13.1. The number of hydrogen-bond acceptors (Lipinski definition) is 17. The van der Waals surface area contributed by atoms with Gasteiger partial charge in [-0.25, -0.2) is 14.4 Å². The molecule has 3 saturated heterocycles. The number of carboxylic acid groups (broad SMARTS) is 1. The number of rotatable bonds is 16. The first kappa shape index (κ1) is 71.1. The average molecular weight is 1320 g/mol. The van der Waals surface area contributed by atoms with E-state index in [0.29, 0.717) is 53.8 Å². The number of phenols is 1. The first-order valence-corrected chi connectivity index (χ1v) is 31.6. The molecule has 3 aliphatic rings. The zero-order valence-electron chi connectivity index (χ0n) is 55.3. The molecule has 0 spiro atoms. The summed E-state index contributed by atoms with van der Waals surface area (Å²) in [5.74, 6) is -0.637. The molecule has 9 aromatic rings. The fourth-order valence-corrected chi connectivity index (χ4v) is 10.5. The number of pyridine rings is 1. The van der Waals surface area contributed by atoms with Crippen LogP contribution in [0.3, 0.4) is 0 Å². The van der Waals surface area contributed by atoms with Gasteiger partial charge in [-0.15, -0.1) is 0 Å². The number of amides is 1. The largest absolute Gasteiger partial charge is 0.508 e. The normalized spacial score (nSPS) is 17.9. The summed E-state index contributed by atoms with van der Waals surface area (Å²) >= 11 is 0. The quantitative estimate of drug-likeness (QED) is 0.0491. The molecule has 19 nitrogen and oxygen atoms in total. The van der Waals surface area contributed by atoms with Crippen molar-refractivity contribution in [2.24, 2.45) is 0 Å². The second kappa shape index (κ2) is 33.4. The summed E-state index contributed by atoms with van der Waals surface area (Å²) in [6.07, 6.45) is -1.67. The van der Waals surface area contributed by atoms with Crippen LogP contribution < -0.4 is 19.5 Å². The highest BCUT2D eigenvalue weighted by Gasteiger charge is 2.31. The number of hydrogen-bond donors (Lipinski definition) is 6. The number of aryl methyl sites for hydroxylation is 5. The highest BCUT2D eigenvalue weighted by atomic mass is 16.6. The van der Waals surface area contributed by atoms with Crippen molar-refractivity contribution >= 4 is 23.8 Å². The van der Waals surface area contributed by atoms with Gasteiger partial charge in [0.2, 0.25) is 0 Å². The van der Waals surface area contributed by atoms with E-state index in [2.05, 4.69) is 15.0 Å². The van der Waals surface area contributed by atoms with E-state index in [1.165, 1.54) is 26.4 Å². The number of aromatic hydroxyl groups is 1. The molecule has 97 heavy (non-hydrogen) atoms. The predicted molar refractivity (Wildman–Crippen MR) is 366 cm³/mol. The number of aliphatic hydroxyl groups excluding tert-OH is 3. The number of aliphatic hydroxyl groups is 3. The Labute approximate surface area is 563 Å². The van der Waals surface area contributed by atoms with Crippen LogP contribution >= 0.6 is 0 Å². The summed E-state index contributed by atoms with van der Waals surface area (Å²) in [4.78, 5) is 52.2. The molecule has 1 aromatic heterocycles. The minimum atomic E-state index is -1.02. The zero-order valence-corrected chi connectivity index (χ0v) is 55.3. The lowest BCUT2D eigenvalue weighted by Gasteiger charge is -2.18. The van der Waals surface area contributed by atoms with Gasteiger partial charge in [0.1, 0.15) is 59.6 Å². The predicted octanol–water partition coefficient (Wildman–Crippen LogP) is 12.2. The first-order valence-electron chi connectivity index (χ1n) is 31.6. The van der Waals surface area contributed by atoms with Crippen LogP contribution in [0.15, 0.2) is 188 Å². The van der Waals surface area contributed by atoms with Crippen LogP contribution in [0.4, 0.5) is 0 Å². The van der Waals surface area contributed by atoms with Gasteiger partial charge in [0, 0.05) is 17.5 Å². The molecule has 504 valence electrons. The van der Waals surface area contributed by atoms with Gasteiger partial charge in [0.15, 0.2) is 0 Å². The van der Waals surface area contributed by atoms with Gasteiger partial charge < -0.3 is 68.7 Å². The molecule has 7 atom stereocenters. The van der Waals surface area contributed by atoms with E-state index < -0.39 is 54.5 Å². The Hall–Kier alpha value is -10.3. The summed E-state index contributed by atoms with van der Waals surface area (Å²) in [5, 5.41) is 51.7. The van der Waals surface area contributed by atoms with Crippen LogP contribution in [-0.2, 0) is 23.7 Å². The van der Waals surface area contributed by atoms with E-state index in [1.807, 2.05) is 169 Å². The van der Waals surface area contributed by atoms with E-state index >= 15 is 0 Å². The van der Waals surface area contributed by atoms with E-state index in [0.717, 1.165) is 78.0 Å². The number of aromatic carboxylic acids is 1. The van der Waals surface area contributed by atoms with Crippen molar-refractivity contribution in [2.45, 2.75) is 84.2 Å². The molecular weight excluding hydrogens is 1240 g/mol. The molecule has 0 bridgehead atoms. The molecule has 19 heteroatoms. The lowest BCUT2D eigenvalue weighted by Crippen LogP contribution is -2.30. The van der Waals surface area contributed by atoms with Crippen LogP contribution in [-0.4, -0.2) is 145 Å².